The third-order valence-electron chi connectivity index (χ3n) is 5.80. The van der Waals surface area contributed by atoms with E-state index < -0.39 is 0 Å². The predicted molar refractivity (Wildman–Crippen MR) is 129 cm³/mol. The predicted octanol–water partition coefficient (Wildman–Crippen LogP) is 2.57. The van der Waals surface area contributed by atoms with Gasteiger partial charge in [0.25, 0.3) is 5.56 Å². The number of rotatable bonds is 6. The van der Waals surface area contributed by atoms with Gasteiger partial charge in [0.15, 0.2) is 5.65 Å². The number of nitrogens with one attached hydrogen (secondary N) is 2. The van der Waals surface area contributed by atoms with Crippen LogP contribution in [0.3, 0.4) is 0 Å². The maximum atomic E-state index is 13.1. The molecule has 33 heavy (non-hydrogen) atoms. The van der Waals surface area contributed by atoms with E-state index in [0.29, 0.717) is 23.5 Å². The van der Waals surface area contributed by atoms with Crippen LogP contribution in [0.25, 0.3) is 16.7 Å². The molecule has 9 nitrogen and oxygen atoms in total. The first-order valence-electron chi connectivity index (χ1n) is 11.0. The van der Waals surface area contributed by atoms with E-state index in [1.165, 1.54) is 11.1 Å². The average molecular weight is 443 g/mol. The monoisotopic (exact) mass is 442 g/mol. The quantitative estimate of drug-likeness (QED) is 0.393. The Balaban J connectivity index is 1.61. The van der Waals surface area contributed by atoms with Crippen LogP contribution < -0.4 is 21.9 Å². The summed E-state index contributed by atoms with van der Waals surface area (Å²) in [5, 5.41) is 7.11. The van der Waals surface area contributed by atoms with E-state index in [9.17, 15) is 4.79 Å². The average Bonchev–Trinajstić information content (AvgIpc) is 3.10. The molecule has 5 rings (SSSR count). The molecule has 0 radical (unpaired) electrons. The van der Waals surface area contributed by atoms with Crippen molar-refractivity contribution in [1.29, 1.82) is 0 Å². The van der Waals surface area contributed by atoms with Crippen molar-refractivity contribution in [2.45, 2.75) is 32.5 Å². The molecule has 4 aromatic rings. The van der Waals surface area contributed by atoms with Crippen molar-refractivity contribution < 1.29 is 0 Å². The highest BCUT2D eigenvalue weighted by atomic mass is 16.1. The number of fused-ring (bicyclic) bond motifs is 2. The molecule has 1 aliphatic rings. The fourth-order valence-corrected chi connectivity index (χ4v) is 4.14. The molecule has 0 fully saturated rings. The normalized spacial score (nSPS) is 14.1. The molecule has 0 spiro atoms. The first-order valence-corrected chi connectivity index (χ1v) is 11.0. The zero-order valence-electron chi connectivity index (χ0n) is 18.5. The molecule has 0 saturated carbocycles. The van der Waals surface area contributed by atoms with E-state index in [2.05, 4.69) is 39.3 Å². The minimum absolute atomic E-state index is 0.183. The van der Waals surface area contributed by atoms with Gasteiger partial charge in [-0.05, 0) is 55.3 Å². The first-order chi connectivity index (χ1) is 16.0. The summed E-state index contributed by atoms with van der Waals surface area (Å²) in [7, 11) is 0. The second-order valence-electron chi connectivity index (χ2n) is 8.18. The summed E-state index contributed by atoms with van der Waals surface area (Å²) in [6.07, 6.45) is 5.92. The van der Waals surface area contributed by atoms with Gasteiger partial charge in [0.05, 0.1) is 17.9 Å². The molecule has 0 saturated heterocycles. The fraction of sp³-hybridized carbons (Fsp3) is 0.250. The van der Waals surface area contributed by atoms with Crippen LogP contribution in [0.4, 0.5) is 11.6 Å². The van der Waals surface area contributed by atoms with Crippen LogP contribution >= 0.6 is 0 Å². The van der Waals surface area contributed by atoms with Gasteiger partial charge in [0.1, 0.15) is 5.39 Å². The fourth-order valence-electron chi connectivity index (χ4n) is 4.14. The Hall–Kier alpha value is -3.82. The van der Waals surface area contributed by atoms with E-state index in [1.807, 2.05) is 25.1 Å². The van der Waals surface area contributed by atoms with Gasteiger partial charge in [0, 0.05) is 30.7 Å². The van der Waals surface area contributed by atoms with E-state index in [1.54, 1.807) is 27.8 Å². The molecule has 1 aliphatic heterocycles. The Morgan fingerprint density at radius 1 is 1.27 bits per heavy atom. The van der Waals surface area contributed by atoms with Crippen molar-refractivity contribution in [2.75, 3.05) is 11.9 Å². The molecule has 0 bridgehead atoms. The van der Waals surface area contributed by atoms with Crippen LogP contribution in [-0.2, 0) is 19.5 Å². The molecule has 0 aliphatic carbocycles. The Morgan fingerprint density at radius 3 is 2.97 bits per heavy atom. The number of nitrogens with two attached hydrogens (primary N) is 1. The van der Waals surface area contributed by atoms with Gasteiger partial charge in [0.2, 0.25) is 5.95 Å². The van der Waals surface area contributed by atoms with Crippen molar-refractivity contribution >= 4 is 22.7 Å². The number of benzene rings is 1. The highest BCUT2D eigenvalue weighted by Gasteiger charge is 2.18. The van der Waals surface area contributed by atoms with E-state index in [-0.39, 0.29) is 11.6 Å². The van der Waals surface area contributed by atoms with Crippen molar-refractivity contribution in [2.24, 2.45) is 5.73 Å². The molecule has 4 N–H and O–H groups in total. The molecule has 9 heteroatoms. The van der Waals surface area contributed by atoms with Crippen LogP contribution in [0.5, 0.6) is 0 Å². The second-order valence-corrected chi connectivity index (χ2v) is 8.18. The maximum Gasteiger partial charge on any atom is 0.278 e. The van der Waals surface area contributed by atoms with E-state index in [4.69, 9.17) is 10.7 Å². The van der Waals surface area contributed by atoms with Crippen LogP contribution in [0.15, 0.2) is 60.2 Å². The molecule has 0 amide bonds. The summed E-state index contributed by atoms with van der Waals surface area (Å²) in [4.78, 5) is 26.6. The Labute approximate surface area is 191 Å². The highest BCUT2D eigenvalue weighted by molar-refractivity contribution is 5.77. The maximum absolute atomic E-state index is 13.1. The van der Waals surface area contributed by atoms with Gasteiger partial charge in [-0.3, -0.25) is 9.78 Å². The molecule has 3 aromatic heterocycles. The number of pyridine rings is 1. The molecule has 168 valence electrons. The number of allylic oxidation sites excluding steroid dienone is 1. The lowest BCUT2D eigenvalue weighted by molar-refractivity contribution is 0.604. The molecular weight excluding hydrogens is 416 g/mol. The first kappa shape index (κ1) is 21.0. The number of hydrogen-bond acceptors (Lipinski definition) is 7. The van der Waals surface area contributed by atoms with Crippen LogP contribution in [0.2, 0.25) is 0 Å². The van der Waals surface area contributed by atoms with Crippen LogP contribution in [-0.4, -0.2) is 30.9 Å². The smallest absolute Gasteiger partial charge is 0.278 e. The lowest BCUT2D eigenvalue weighted by atomic mass is 10.0. The van der Waals surface area contributed by atoms with E-state index in [0.717, 1.165) is 36.6 Å². The lowest BCUT2D eigenvalue weighted by Crippen LogP contribution is -2.23. The van der Waals surface area contributed by atoms with Gasteiger partial charge < -0.3 is 16.4 Å². The topological polar surface area (TPSA) is 116 Å². The van der Waals surface area contributed by atoms with Gasteiger partial charge >= 0.3 is 0 Å². The Morgan fingerprint density at radius 2 is 2.15 bits per heavy atom. The van der Waals surface area contributed by atoms with Gasteiger partial charge in [-0.25, -0.2) is 14.3 Å². The number of hydrogen-bond donors (Lipinski definition) is 3. The summed E-state index contributed by atoms with van der Waals surface area (Å²) < 4.78 is 3.36. The molecule has 1 unspecified atom stereocenters. The van der Waals surface area contributed by atoms with Gasteiger partial charge in [-0.15, -0.1) is 6.58 Å². The third-order valence-corrected chi connectivity index (χ3v) is 5.80. The van der Waals surface area contributed by atoms with Crippen molar-refractivity contribution in [3.63, 3.8) is 0 Å². The Kier molecular flexibility index (Phi) is 5.49. The highest BCUT2D eigenvalue weighted by Crippen LogP contribution is 2.23. The minimum atomic E-state index is -0.239. The van der Waals surface area contributed by atoms with Crippen LogP contribution in [0, 0.1) is 0 Å². The lowest BCUT2D eigenvalue weighted by Gasteiger charge is -2.18. The number of aromatic nitrogens is 5. The minimum Gasteiger partial charge on any atom is -0.324 e. The van der Waals surface area contributed by atoms with Gasteiger partial charge in [-0.1, -0.05) is 12.1 Å². The van der Waals surface area contributed by atoms with E-state index >= 15 is 0 Å². The number of nitrogens with zero attached hydrogens (tertiary/aromatic N) is 5. The second kappa shape index (κ2) is 8.61. The summed E-state index contributed by atoms with van der Waals surface area (Å²) >= 11 is 0. The number of anilines is 2. The zero-order chi connectivity index (χ0) is 22.9. The largest absolute Gasteiger partial charge is 0.324 e. The summed E-state index contributed by atoms with van der Waals surface area (Å²) in [5.41, 5.74) is 11.4. The zero-order valence-corrected chi connectivity index (χ0v) is 18.5. The molecule has 1 atom stereocenters. The standard InChI is InChI=1S/C24H26N8O/c1-3-10-31-23(33)20-14-28-24(29-18-5-4-17-13-26-8-6-16(17)11-18)30-22(20)32(31)19-7-9-27-21(12-19)15(2)25/h3-5,7,9,11-12,14-15,26H,1,6,8,10,13,25H2,2H3,(H,28,29,30). The van der Waals surface area contributed by atoms with Crippen molar-refractivity contribution in [3.05, 3.63) is 82.6 Å². The molecule has 1 aromatic carbocycles. The van der Waals surface area contributed by atoms with Gasteiger partial charge in [-0.2, -0.15) is 4.98 Å². The SMILES string of the molecule is C=CCn1c(=O)c2cnc(Nc3ccc4c(c3)CCNC4)nc2n1-c1ccnc(C(C)N)c1. The van der Waals surface area contributed by atoms with Crippen molar-refractivity contribution in [3.8, 4) is 5.69 Å². The molecular formula is C24H26N8O. The summed E-state index contributed by atoms with van der Waals surface area (Å²) in [6.45, 7) is 7.85. The summed E-state index contributed by atoms with van der Waals surface area (Å²) in [6, 6.07) is 9.74. The van der Waals surface area contributed by atoms with Crippen LogP contribution in [0.1, 0.15) is 29.8 Å². The van der Waals surface area contributed by atoms with Crippen molar-refractivity contribution in [1.82, 2.24) is 29.6 Å². The Bertz CT molecular complexity index is 1400. The molecule has 4 heterocycles. The summed E-state index contributed by atoms with van der Waals surface area (Å²) in [5.74, 6) is 0.419. The third kappa shape index (κ3) is 3.92.